The summed E-state index contributed by atoms with van der Waals surface area (Å²) >= 11 is 0. The topological polar surface area (TPSA) is 68.8 Å². The number of ether oxygens (including phenoxy) is 3. The van der Waals surface area contributed by atoms with E-state index in [0.29, 0.717) is 24.7 Å². The van der Waals surface area contributed by atoms with Gasteiger partial charge in [0.2, 0.25) is 5.91 Å². The molecule has 1 aliphatic heterocycles. The Labute approximate surface area is 153 Å². The van der Waals surface area contributed by atoms with Crippen molar-refractivity contribution >= 4 is 23.0 Å². The summed E-state index contributed by atoms with van der Waals surface area (Å²) in [7, 11) is 3.22. The van der Waals surface area contributed by atoms with Gasteiger partial charge in [0.05, 0.1) is 14.2 Å². The highest BCUT2D eigenvalue weighted by molar-refractivity contribution is 5.92. The van der Waals surface area contributed by atoms with Crippen LogP contribution in [0.2, 0.25) is 0 Å². The molecule has 1 amide bonds. The molecule has 1 aliphatic rings. The van der Waals surface area contributed by atoms with Crippen molar-refractivity contribution in [3.63, 3.8) is 0 Å². The fourth-order valence-corrected chi connectivity index (χ4v) is 2.92. The smallest absolute Gasteiger partial charge is 0.227 e. The normalized spacial score (nSPS) is 14.5. The number of carbonyl (C=O) groups is 1. The van der Waals surface area contributed by atoms with Crippen LogP contribution in [0.5, 0.6) is 11.5 Å². The van der Waals surface area contributed by atoms with Gasteiger partial charge in [-0.1, -0.05) is 0 Å². The number of hydrogen-bond donors (Lipinski definition) is 2. The lowest BCUT2D eigenvalue weighted by Crippen LogP contribution is -2.28. The number of benzene rings is 2. The first-order valence-corrected chi connectivity index (χ1v) is 8.67. The van der Waals surface area contributed by atoms with E-state index < -0.39 is 0 Å². The van der Waals surface area contributed by atoms with Gasteiger partial charge in [-0.2, -0.15) is 0 Å². The number of carbonyl (C=O) groups excluding carboxylic acids is 1. The van der Waals surface area contributed by atoms with Crippen LogP contribution in [0.4, 0.5) is 17.1 Å². The van der Waals surface area contributed by atoms with E-state index in [9.17, 15) is 4.79 Å². The van der Waals surface area contributed by atoms with Gasteiger partial charge in [0.15, 0.2) is 11.5 Å². The molecule has 0 bridgehead atoms. The predicted octanol–water partition coefficient (Wildman–Crippen LogP) is 3.81. The molecule has 0 aromatic heterocycles. The summed E-state index contributed by atoms with van der Waals surface area (Å²) < 4.78 is 15.9. The first kappa shape index (κ1) is 18.1. The molecular weight excluding hydrogens is 332 g/mol. The lowest BCUT2D eigenvalue weighted by atomic mass is 9.99. The molecule has 1 saturated heterocycles. The molecule has 6 nitrogen and oxygen atoms in total. The van der Waals surface area contributed by atoms with E-state index in [0.717, 1.165) is 29.9 Å². The molecule has 0 radical (unpaired) electrons. The summed E-state index contributed by atoms with van der Waals surface area (Å²) in [5.74, 6) is 1.45. The first-order chi connectivity index (χ1) is 12.7. The Morgan fingerprint density at radius 2 is 1.54 bits per heavy atom. The molecule has 0 saturated carbocycles. The van der Waals surface area contributed by atoms with E-state index in [-0.39, 0.29) is 11.8 Å². The molecule has 2 aromatic rings. The van der Waals surface area contributed by atoms with Crippen molar-refractivity contribution in [1.82, 2.24) is 0 Å². The molecule has 0 atom stereocenters. The number of nitrogens with one attached hydrogen (secondary N) is 2. The number of rotatable bonds is 6. The highest BCUT2D eigenvalue weighted by atomic mass is 16.5. The predicted molar refractivity (Wildman–Crippen MR) is 101 cm³/mol. The van der Waals surface area contributed by atoms with Gasteiger partial charge in [-0.15, -0.1) is 0 Å². The zero-order valence-electron chi connectivity index (χ0n) is 15.1. The molecule has 2 N–H and O–H groups in total. The maximum Gasteiger partial charge on any atom is 0.227 e. The van der Waals surface area contributed by atoms with Crippen LogP contribution in [-0.2, 0) is 9.53 Å². The number of amides is 1. The fourth-order valence-electron chi connectivity index (χ4n) is 2.92. The number of anilines is 3. The molecule has 0 unspecified atom stereocenters. The minimum atomic E-state index is 0.0355. The van der Waals surface area contributed by atoms with Crippen LogP contribution < -0.4 is 20.1 Å². The quantitative estimate of drug-likeness (QED) is 0.824. The van der Waals surface area contributed by atoms with Crippen LogP contribution in [0.1, 0.15) is 12.8 Å². The molecule has 3 rings (SSSR count). The van der Waals surface area contributed by atoms with Crippen LogP contribution in [0, 0.1) is 5.92 Å². The maximum absolute atomic E-state index is 12.3. The first-order valence-electron chi connectivity index (χ1n) is 8.67. The second-order valence-electron chi connectivity index (χ2n) is 6.15. The standard InChI is InChI=1S/C20H24N2O4/c1-24-18-8-7-17(13-19(18)25-2)21-15-3-5-16(6-4-15)22-20(23)14-9-11-26-12-10-14/h3-8,13-14,21H,9-12H2,1-2H3,(H,22,23). The van der Waals surface area contributed by atoms with E-state index in [1.165, 1.54) is 0 Å². The van der Waals surface area contributed by atoms with Crippen molar-refractivity contribution < 1.29 is 19.0 Å². The van der Waals surface area contributed by atoms with E-state index in [2.05, 4.69) is 10.6 Å². The van der Waals surface area contributed by atoms with Crippen molar-refractivity contribution in [2.45, 2.75) is 12.8 Å². The summed E-state index contributed by atoms with van der Waals surface area (Å²) in [6, 6.07) is 13.3. The van der Waals surface area contributed by atoms with Crippen LogP contribution in [0.25, 0.3) is 0 Å². The zero-order valence-corrected chi connectivity index (χ0v) is 15.1. The van der Waals surface area contributed by atoms with Gasteiger partial charge in [-0.05, 0) is 49.2 Å². The van der Waals surface area contributed by atoms with Gasteiger partial charge < -0.3 is 24.8 Å². The summed E-state index contributed by atoms with van der Waals surface area (Å²) in [4.78, 5) is 12.3. The van der Waals surface area contributed by atoms with Crippen molar-refractivity contribution in [3.05, 3.63) is 42.5 Å². The molecule has 1 heterocycles. The summed E-state index contributed by atoms with van der Waals surface area (Å²) in [6.45, 7) is 1.32. The van der Waals surface area contributed by atoms with E-state index in [1.807, 2.05) is 42.5 Å². The summed E-state index contributed by atoms with van der Waals surface area (Å²) in [5.41, 5.74) is 2.60. The van der Waals surface area contributed by atoms with Crippen LogP contribution in [0.15, 0.2) is 42.5 Å². The largest absolute Gasteiger partial charge is 0.493 e. The minimum absolute atomic E-state index is 0.0355. The van der Waals surface area contributed by atoms with Gasteiger partial charge in [0.25, 0.3) is 0 Å². The zero-order chi connectivity index (χ0) is 18.4. The van der Waals surface area contributed by atoms with E-state index in [1.54, 1.807) is 14.2 Å². The third kappa shape index (κ3) is 4.46. The van der Waals surface area contributed by atoms with E-state index in [4.69, 9.17) is 14.2 Å². The summed E-state index contributed by atoms with van der Waals surface area (Å²) in [5, 5.41) is 6.29. The fraction of sp³-hybridized carbons (Fsp3) is 0.350. The Kier molecular flexibility index (Phi) is 5.96. The van der Waals surface area contributed by atoms with Gasteiger partial charge in [0.1, 0.15) is 0 Å². The Hall–Kier alpha value is -2.73. The van der Waals surface area contributed by atoms with Crippen molar-refractivity contribution in [3.8, 4) is 11.5 Å². The lowest BCUT2D eigenvalue weighted by Gasteiger charge is -2.21. The highest BCUT2D eigenvalue weighted by Gasteiger charge is 2.21. The molecule has 6 heteroatoms. The van der Waals surface area contributed by atoms with Gasteiger partial charge in [-0.3, -0.25) is 4.79 Å². The monoisotopic (exact) mass is 356 g/mol. The Balaban J connectivity index is 1.61. The molecule has 0 spiro atoms. The second-order valence-corrected chi connectivity index (χ2v) is 6.15. The van der Waals surface area contributed by atoms with Crippen molar-refractivity contribution in [1.29, 1.82) is 0 Å². The molecular formula is C20H24N2O4. The third-order valence-corrected chi connectivity index (χ3v) is 4.42. The minimum Gasteiger partial charge on any atom is -0.493 e. The SMILES string of the molecule is COc1ccc(Nc2ccc(NC(=O)C3CCOCC3)cc2)cc1OC. The average molecular weight is 356 g/mol. The van der Waals surface area contributed by atoms with Crippen LogP contribution >= 0.6 is 0 Å². The van der Waals surface area contributed by atoms with E-state index >= 15 is 0 Å². The maximum atomic E-state index is 12.3. The summed E-state index contributed by atoms with van der Waals surface area (Å²) in [6.07, 6.45) is 1.57. The second kappa shape index (κ2) is 8.58. The Morgan fingerprint density at radius 1 is 0.923 bits per heavy atom. The van der Waals surface area contributed by atoms with Crippen LogP contribution in [0.3, 0.4) is 0 Å². The molecule has 0 aliphatic carbocycles. The van der Waals surface area contributed by atoms with Crippen LogP contribution in [-0.4, -0.2) is 33.3 Å². The van der Waals surface area contributed by atoms with Gasteiger partial charge >= 0.3 is 0 Å². The van der Waals surface area contributed by atoms with Crippen molar-refractivity contribution in [2.75, 3.05) is 38.1 Å². The Bertz CT molecular complexity index is 740. The number of hydrogen-bond acceptors (Lipinski definition) is 5. The lowest BCUT2D eigenvalue weighted by molar-refractivity contribution is -0.122. The molecule has 2 aromatic carbocycles. The highest BCUT2D eigenvalue weighted by Crippen LogP contribution is 2.31. The van der Waals surface area contributed by atoms with Crippen molar-refractivity contribution in [2.24, 2.45) is 5.92 Å². The average Bonchev–Trinajstić information content (AvgIpc) is 2.70. The number of methoxy groups -OCH3 is 2. The molecule has 1 fully saturated rings. The molecule has 26 heavy (non-hydrogen) atoms. The third-order valence-electron chi connectivity index (χ3n) is 4.42. The Morgan fingerprint density at radius 3 is 2.19 bits per heavy atom. The van der Waals surface area contributed by atoms with Gasteiger partial charge in [0, 0.05) is 42.3 Å². The molecule has 138 valence electrons. The van der Waals surface area contributed by atoms with Gasteiger partial charge in [-0.25, -0.2) is 0 Å².